The molecular weight excluding hydrogens is 280 g/mol. The molecule has 0 bridgehead atoms. The Morgan fingerprint density at radius 2 is 2.18 bits per heavy atom. The van der Waals surface area contributed by atoms with Crippen LogP contribution in [0.1, 0.15) is 41.9 Å². The lowest BCUT2D eigenvalue weighted by atomic mass is 10.1. The minimum Gasteiger partial charge on any atom is -0.392 e. The van der Waals surface area contributed by atoms with Gasteiger partial charge < -0.3 is 10.4 Å². The number of anilines is 1. The molecule has 0 aromatic carbocycles. The molecule has 0 spiro atoms. The number of carbonyl (C=O) groups is 1. The average Bonchev–Trinajstić information content (AvgIpc) is 2.86. The quantitative estimate of drug-likeness (QED) is 0.858. The zero-order valence-corrected chi connectivity index (χ0v) is 13.2. The summed E-state index contributed by atoms with van der Waals surface area (Å²) in [5.41, 5.74) is 2.53. The van der Waals surface area contributed by atoms with E-state index in [0.717, 1.165) is 18.7 Å². The first-order chi connectivity index (χ1) is 10.5. The first kappa shape index (κ1) is 16.2. The van der Waals surface area contributed by atoms with Crippen molar-refractivity contribution in [1.82, 2.24) is 14.8 Å². The summed E-state index contributed by atoms with van der Waals surface area (Å²) in [6.07, 6.45) is 5.71. The molecule has 0 aliphatic rings. The molecule has 0 unspecified atom stereocenters. The van der Waals surface area contributed by atoms with Crippen molar-refractivity contribution in [2.24, 2.45) is 5.92 Å². The van der Waals surface area contributed by atoms with Gasteiger partial charge in [0.1, 0.15) is 0 Å². The highest BCUT2D eigenvalue weighted by Gasteiger charge is 2.15. The minimum absolute atomic E-state index is 0.148. The Kier molecular flexibility index (Phi) is 5.27. The van der Waals surface area contributed by atoms with Gasteiger partial charge in [-0.2, -0.15) is 5.10 Å². The fraction of sp³-hybridized carbons (Fsp3) is 0.438. The number of pyridine rings is 1. The van der Waals surface area contributed by atoms with Crippen LogP contribution in [-0.4, -0.2) is 25.8 Å². The van der Waals surface area contributed by atoms with Crippen molar-refractivity contribution < 1.29 is 9.90 Å². The van der Waals surface area contributed by atoms with Gasteiger partial charge in [-0.05, 0) is 25.3 Å². The van der Waals surface area contributed by atoms with Gasteiger partial charge in [0.05, 0.1) is 30.3 Å². The molecular formula is C16H22N4O2. The number of rotatable bonds is 6. The number of hydrogen-bond donors (Lipinski definition) is 2. The number of aromatic nitrogens is 3. The summed E-state index contributed by atoms with van der Waals surface area (Å²) in [7, 11) is 0. The zero-order valence-electron chi connectivity index (χ0n) is 13.2. The van der Waals surface area contributed by atoms with E-state index in [4.69, 9.17) is 0 Å². The highest BCUT2D eigenvalue weighted by molar-refractivity contribution is 6.05. The molecule has 0 radical (unpaired) electrons. The smallest absolute Gasteiger partial charge is 0.259 e. The maximum Gasteiger partial charge on any atom is 0.259 e. The van der Waals surface area contributed by atoms with Gasteiger partial charge in [0.25, 0.3) is 5.91 Å². The van der Waals surface area contributed by atoms with Crippen LogP contribution in [0.5, 0.6) is 0 Å². The van der Waals surface area contributed by atoms with Crippen LogP contribution in [0, 0.1) is 12.8 Å². The highest BCUT2D eigenvalue weighted by atomic mass is 16.3. The molecule has 22 heavy (non-hydrogen) atoms. The second kappa shape index (κ2) is 7.17. The Balaban J connectivity index is 2.13. The van der Waals surface area contributed by atoms with Crippen LogP contribution in [0.15, 0.2) is 24.7 Å². The van der Waals surface area contributed by atoms with E-state index < -0.39 is 0 Å². The van der Waals surface area contributed by atoms with Crippen LogP contribution < -0.4 is 5.32 Å². The van der Waals surface area contributed by atoms with Gasteiger partial charge in [0.2, 0.25) is 0 Å². The van der Waals surface area contributed by atoms with Gasteiger partial charge >= 0.3 is 0 Å². The van der Waals surface area contributed by atoms with Gasteiger partial charge in [0, 0.05) is 24.0 Å². The summed E-state index contributed by atoms with van der Waals surface area (Å²) in [5, 5.41) is 16.4. The van der Waals surface area contributed by atoms with Crippen molar-refractivity contribution in [1.29, 1.82) is 0 Å². The van der Waals surface area contributed by atoms with Crippen LogP contribution in [0.25, 0.3) is 0 Å². The molecule has 2 aromatic heterocycles. The van der Waals surface area contributed by atoms with E-state index in [1.807, 2.05) is 11.6 Å². The molecule has 2 rings (SSSR count). The molecule has 0 saturated carbocycles. The summed E-state index contributed by atoms with van der Waals surface area (Å²) >= 11 is 0. The first-order valence-corrected chi connectivity index (χ1v) is 7.40. The predicted octanol–water partition coefficient (Wildman–Crippen LogP) is 2.38. The Morgan fingerprint density at radius 3 is 2.86 bits per heavy atom. The topological polar surface area (TPSA) is 80.0 Å². The monoisotopic (exact) mass is 302 g/mol. The van der Waals surface area contributed by atoms with Gasteiger partial charge in [0.15, 0.2) is 0 Å². The third-order valence-electron chi connectivity index (χ3n) is 3.60. The zero-order chi connectivity index (χ0) is 16.1. The maximum atomic E-state index is 12.4. The molecule has 2 aromatic rings. The molecule has 0 atom stereocenters. The molecule has 0 saturated heterocycles. The van der Waals surface area contributed by atoms with Crippen molar-refractivity contribution in [2.45, 2.75) is 40.3 Å². The lowest BCUT2D eigenvalue weighted by Gasteiger charge is -2.09. The van der Waals surface area contributed by atoms with Crippen LogP contribution in [0.2, 0.25) is 0 Å². The number of amides is 1. The van der Waals surface area contributed by atoms with E-state index in [9.17, 15) is 9.90 Å². The Labute approximate surface area is 130 Å². The number of nitrogens with zero attached hydrogens (tertiary/aromatic N) is 3. The second-order valence-electron chi connectivity index (χ2n) is 5.69. The molecule has 118 valence electrons. The summed E-state index contributed by atoms with van der Waals surface area (Å²) in [6, 6.07) is 1.68. The fourth-order valence-corrected chi connectivity index (χ4v) is 2.14. The Morgan fingerprint density at radius 1 is 1.41 bits per heavy atom. The van der Waals surface area contributed by atoms with Gasteiger partial charge in [-0.3, -0.25) is 14.5 Å². The summed E-state index contributed by atoms with van der Waals surface area (Å²) < 4.78 is 1.85. The minimum atomic E-state index is -0.240. The maximum absolute atomic E-state index is 12.4. The standard InChI is InChI=1S/C16H22N4O2/c1-11(2)5-7-20-12(3)14(8-18-20)16(22)19-15-9-17-6-4-13(15)10-21/h4,6,8-9,11,21H,5,7,10H2,1-3H3,(H,19,22). The molecule has 0 aliphatic carbocycles. The predicted molar refractivity (Wildman–Crippen MR) is 84.5 cm³/mol. The number of hydrogen-bond acceptors (Lipinski definition) is 4. The first-order valence-electron chi connectivity index (χ1n) is 7.40. The number of aryl methyl sites for hydroxylation is 1. The van der Waals surface area contributed by atoms with Crippen LogP contribution >= 0.6 is 0 Å². The number of aliphatic hydroxyl groups excluding tert-OH is 1. The van der Waals surface area contributed by atoms with Gasteiger partial charge in [-0.1, -0.05) is 13.8 Å². The lowest BCUT2D eigenvalue weighted by Crippen LogP contribution is -2.15. The van der Waals surface area contributed by atoms with E-state index in [2.05, 4.69) is 29.2 Å². The molecule has 0 fully saturated rings. The average molecular weight is 302 g/mol. The summed E-state index contributed by atoms with van der Waals surface area (Å²) in [4.78, 5) is 16.4. The molecule has 6 nitrogen and oxygen atoms in total. The molecule has 6 heteroatoms. The number of carbonyl (C=O) groups excluding carboxylic acids is 1. The van der Waals surface area contributed by atoms with Crippen molar-refractivity contribution in [3.8, 4) is 0 Å². The molecule has 0 aliphatic heterocycles. The van der Waals surface area contributed by atoms with Crippen LogP contribution in [0.3, 0.4) is 0 Å². The van der Waals surface area contributed by atoms with E-state index >= 15 is 0 Å². The van der Waals surface area contributed by atoms with Crippen LogP contribution in [-0.2, 0) is 13.2 Å². The normalized spacial score (nSPS) is 11.0. The Hall–Kier alpha value is -2.21. The Bertz CT molecular complexity index is 649. The van der Waals surface area contributed by atoms with Crippen molar-refractivity contribution in [3.05, 3.63) is 41.5 Å². The van der Waals surface area contributed by atoms with Gasteiger partial charge in [-0.15, -0.1) is 0 Å². The highest BCUT2D eigenvalue weighted by Crippen LogP contribution is 2.16. The van der Waals surface area contributed by atoms with E-state index in [1.54, 1.807) is 18.5 Å². The van der Waals surface area contributed by atoms with Crippen molar-refractivity contribution >= 4 is 11.6 Å². The summed E-state index contributed by atoms with van der Waals surface area (Å²) in [6.45, 7) is 6.85. The largest absolute Gasteiger partial charge is 0.392 e. The van der Waals surface area contributed by atoms with Crippen LogP contribution in [0.4, 0.5) is 5.69 Å². The SMILES string of the molecule is Cc1c(C(=O)Nc2cnccc2CO)cnn1CCC(C)C. The molecule has 2 heterocycles. The van der Waals surface area contributed by atoms with Gasteiger partial charge in [-0.25, -0.2) is 0 Å². The number of aliphatic hydroxyl groups is 1. The third kappa shape index (κ3) is 3.71. The second-order valence-corrected chi connectivity index (χ2v) is 5.69. The van der Waals surface area contributed by atoms with E-state index in [1.165, 1.54) is 6.20 Å². The number of nitrogens with one attached hydrogen (secondary N) is 1. The van der Waals surface area contributed by atoms with E-state index in [-0.39, 0.29) is 12.5 Å². The molecule has 2 N–H and O–H groups in total. The fourth-order valence-electron chi connectivity index (χ4n) is 2.14. The lowest BCUT2D eigenvalue weighted by molar-refractivity contribution is 0.102. The van der Waals surface area contributed by atoms with Crippen molar-refractivity contribution in [3.63, 3.8) is 0 Å². The van der Waals surface area contributed by atoms with E-state index in [0.29, 0.717) is 22.7 Å². The molecule has 1 amide bonds. The third-order valence-corrected chi connectivity index (χ3v) is 3.60. The van der Waals surface area contributed by atoms with Crippen molar-refractivity contribution in [2.75, 3.05) is 5.32 Å². The summed E-state index contributed by atoms with van der Waals surface area (Å²) in [5.74, 6) is 0.347.